The number of hydrogen-bond acceptors (Lipinski definition) is 3. The molecule has 6 heteroatoms. The van der Waals surface area contributed by atoms with Crippen LogP contribution in [0.3, 0.4) is 0 Å². The summed E-state index contributed by atoms with van der Waals surface area (Å²) in [6, 6.07) is 0.108. The smallest absolute Gasteiger partial charge is 0.394 e. The molecule has 0 bridgehead atoms. The van der Waals surface area contributed by atoms with E-state index in [9.17, 15) is 18.3 Å². The average molecular weight is 256 g/mol. The molecule has 0 rings (SSSR count). The third kappa shape index (κ3) is 7.57. The second-order valence-corrected chi connectivity index (χ2v) is 4.94. The van der Waals surface area contributed by atoms with Crippen LogP contribution in [-0.2, 0) is 0 Å². The minimum atomic E-state index is -4.20. The van der Waals surface area contributed by atoms with Gasteiger partial charge in [0.15, 0.2) is 0 Å². The molecule has 0 amide bonds. The van der Waals surface area contributed by atoms with Crippen molar-refractivity contribution in [2.45, 2.75) is 45.5 Å². The Hall–Kier alpha value is -0.330. The third-order valence-corrected chi connectivity index (χ3v) is 2.41. The predicted molar refractivity (Wildman–Crippen MR) is 61.9 cm³/mol. The minimum Gasteiger partial charge on any atom is -0.394 e. The summed E-state index contributed by atoms with van der Waals surface area (Å²) in [4.78, 5) is 1.28. The van der Waals surface area contributed by atoms with E-state index in [1.807, 2.05) is 13.8 Å². The molecule has 0 saturated heterocycles. The first-order valence-electron chi connectivity index (χ1n) is 5.79. The highest BCUT2D eigenvalue weighted by molar-refractivity contribution is 4.87. The molecule has 17 heavy (non-hydrogen) atoms. The maximum atomic E-state index is 12.3. The first kappa shape index (κ1) is 16.7. The molecule has 0 aliphatic carbocycles. The largest absolute Gasteiger partial charge is 0.401 e. The zero-order valence-corrected chi connectivity index (χ0v) is 10.9. The van der Waals surface area contributed by atoms with E-state index in [1.165, 1.54) is 4.90 Å². The monoisotopic (exact) mass is 256 g/mol. The fraction of sp³-hybridized carbons (Fsp3) is 1.00. The molecule has 0 spiro atoms. The van der Waals surface area contributed by atoms with Crippen LogP contribution < -0.4 is 5.32 Å². The molecule has 0 heterocycles. The Bertz CT molecular complexity index is 221. The summed E-state index contributed by atoms with van der Waals surface area (Å²) in [5, 5.41) is 12.4. The molecule has 0 aromatic heterocycles. The Morgan fingerprint density at radius 3 is 2.06 bits per heavy atom. The second-order valence-electron chi connectivity index (χ2n) is 4.94. The lowest BCUT2D eigenvalue weighted by molar-refractivity contribution is -0.147. The minimum absolute atomic E-state index is 0.108. The molecule has 1 atom stereocenters. The zero-order chi connectivity index (χ0) is 13.7. The van der Waals surface area contributed by atoms with Gasteiger partial charge in [0, 0.05) is 12.6 Å². The number of likely N-dealkylation sites (N-methyl/N-ethyl adjacent to an activating group) is 1. The summed E-state index contributed by atoms with van der Waals surface area (Å²) < 4.78 is 36.9. The van der Waals surface area contributed by atoms with Crippen molar-refractivity contribution >= 4 is 0 Å². The van der Waals surface area contributed by atoms with Crippen LogP contribution >= 0.6 is 0 Å². The number of aliphatic hydroxyl groups excluding tert-OH is 1. The van der Waals surface area contributed by atoms with Crippen LogP contribution in [0.5, 0.6) is 0 Å². The Morgan fingerprint density at radius 2 is 1.76 bits per heavy atom. The molecule has 0 saturated carbocycles. The van der Waals surface area contributed by atoms with Gasteiger partial charge in [0.2, 0.25) is 0 Å². The molecule has 0 aromatic carbocycles. The number of halogens is 3. The third-order valence-electron chi connectivity index (χ3n) is 2.41. The normalized spacial score (nSPS) is 16.6. The lowest BCUT2D eigenvalue weighted by atomic mass is 10.0. The van der Waals surface area contributed by atoms with Gasteiger partial charge in [-0.1, -0.05) is 20.8 Å². The lowest BCUT2D eigenvalue weighted by Gasteiger charge is -2.36. The van der Waals surface area contributed by atoms with Gasteiger partial charge in [-0.05, 0) is 13.5 Å². The Kier molecular flexibility index (Phi) is 6.43. The molecule has 0 aliphatic heterocycles. The molecule has 0 fully saturated rings. The van der Waals surface area contributed by atoms with Crippen molar-refractivity contribution in [3.8, 4) is 0 Å². The van der Waals surface area contributed by atoms with E-state index in [2.05, 4.69) is 5.32 Å². The zero-order valence-electron chi connectivity index (χ0n) is 10.9. The van der Waals surface area contributed by atoms with Crippen molar-refractivity contribution in [1.29, 1.82) is 0 Å². The van der Waals surface area contributed by atoms with Gasteiger partial charge in [-0.2, -0.15) is 13.2 Å². The fourth-order valence-corrected chi connectivity index (χ4v) is 1.86. The maximum Gasteiger partial charge on any atom is 0.401 e. The number of aliphatic hydroxyl groups is 1. The SMILES string of the molecule is CCN(CC(F)(F)F)CC(C)(CO)NC(C)C. The topological polar surface area (TPSA) is 35.5 Å². The van der Waals surface area contributed by atoms with Crippen LogP contribution in [0.15, 0.2) is 0 Å². The van der Waals surface area contributed by atoms with Crippen LogP contribution in [0.2, 0.25) is 0 Å². The van der Waals surface area contributed by atoms with Gasteiger partial charge in [-0.3, -0.25) is 4.90 Å². The quantitative estimate of drug-likeness (QED) is 0.726. The molecule has 104 valence electrons. The second kappa shape index (κ2) is 6.56. The van der Waals surface area contributed by atoms with E-state index in [0.717, 1.165) is 0 Å². The summed E-state index contributed by atoms with van der Waals surface area (Å²) in [5.41, 5.74) is -0.713. The molecular formula is C11H23F3N2O. The molecular weight excluding hydrogens is 233 g/mol. The Morgan fingerprint density at radius 1 is 1.24 bits per heavy atom. The number of nitrogens with one attached hydrogen (secondary N) is 1. The van der Waals surface area contributed by atoms with Gasteiger partial charge in [-0.25, -0.2) is 0 Å². The van der Waals surface area contributed by atoms with Crippen molar-refractivity contribution in [3.05, 3.63) is 0 Å². The van der Waals surface area contributed by atoms with E-state index in [4.69, 9.17) is 0 Å². The number of rotatable bonds is 7. The van der Waals surface area contributed by atoms with Gasteiger partial charge in [0.05, 0.1) is 18.7 Å². The number of hydrogen-bond donors (Lipinski definition) is 2. The summed E-state index contributed by atoms with van der Waals surface area (Å²) in [6.07, 6.45) is -4.20. The molecule has 1 unspecified atom stereocenters. The van der Waals surface area contributed by atoms with Gasteiger partial charge in [-0.15, -0.1) is 0 Å². The van der Waals surface area contributed by atoms with Crippen LogP contribution in [0, 0.1) is 0 Å². The van der Waals surface area contributed by atoms with Crippen molar-refractivity contribution in [2.24, 2.45) is 0 Å². The van der Waals surface area contributed by atoms with Gasteiger partial charge < -0.3 is 10.4 Å². The Balaban J connectivity index is 4.50. The molecule has 0 aliphatic rings. The lowest BCUT2D eigenvalue weighted by Crippen LogP contribution is -2.57. The van der Waals surface area contributed by atoms with Crippen LogP contribution in [0.25, 0.3) is 0 Å². The van der Waals surface area contributed by atoms with Gasteiger partial charge >= 0.3 is 6.18 Å². The van der Waals surface area contributed by atoms with E-state index in [1.54, 1.807) is 13.8 Å². The highest BCUT2D eigenvalue weighted by Crippen LogP contribution is 2.18. The molecule has 0 aromatic rings. The predicted octanol–water partition coefficient (Wildman–Crippen LogP) is 1.62. The van der Waals surface area contributed by atoms with Gasteiger partial charge in [0.25, 0.3) is 0 Å². The van der Waals surface area contributed by atoms with Crippen LogP contribution in [0.1, 0.15) is 27.7 Å². The van der Waals surface area contributed by atoms with Crippen LogP contribution in [0.4, 0.5) is 13.2 Å². The van der Waals surface area contributed by atoms with Crippen molar-refractivity contribution in [2.75, 3.05) is 26.2 Å². The maximum absolute atomic E-state index is 12.3. The van der Waals surface area contributed by atoms with E-state index < -0.39 is 18.3 Å². The van der Waals surface area contributed by atoms with Crippen molar-refractivity contribution in [1.82, 2.24) is 10.2 Å². The van der Waals surface area contributed by atoms with E-state index >= 15 is 0 Å². The fourth-order valence-electron chi connectivity index (χ4n) is 1.86. The highest BCUT2D eigenvalue weighted by atomic mass is 19.4. The van der Waals surface area contributed by atoms with E-state index in [-0.39, 0.29) is 19.2 Å². The molecule has 3 nitrogen and oxygen atoms in total. The number of alkyl halides is 3. The summed E-state index contributed by atoms with van der Waals surface area (Å²) in [7, 11) is 0. The molecule has 0 radical (unpaired) electrons. The standard InChI is InChI=1S/C11H23F3N2O/c1-5-16(7-11(12,13)14)6-10(4,8-17)15-9(2)3/h9,15,17H,5-8H2,1-4H3. The Labute approximate surface area is 101 Å². The van der Waals surface area contributed by atoms with Crippen molar-refractivity contribution in [3.63, 3.8) is 0 Å². The first-order chi connectivity index (χ1) is 7.62. The average Bonchev–Trinajstić information content (AvgIpc) is 2.13. The van der Waals surface area contributed by atoms with E-state index in [0.29, 0.717) is 6.54 Å². The highest BCUT2D eigenvalue weighted by Gasteiger charge is 2.34. The molecule has 2 N–H and O–H groups in total. The summed E-state index contributed by atoms with van der Waals surface area (Å²) in [5.74, 6) is 0. The summed E-state index contributed by atoms with van der Waals surface area (Å²) >= 11 is 0. The number of nitrogens with zero attached hydrogens (tertiary/aromatic N) is 1. The van der Waals surface area contributed by atoms with Crippen molar-refractivity contribution < 1.29 is 18.3 Å². The van der Waals surface area contributed by atoms with Crippen LogP contribution in [-0.4, -0.2) is 54.0 Å². The first-order valence-corrected chi connectivity index (χ1v) is 5.79. The summed E-state index contributed by atoms with van der Waals surface area (Å²) in [6.45, 7) is 6.53. The van der Waals surface area contributed by atoms with Gasteiger partial charge in [0.1, 0.15) is 0 Å².